The summed E-state index contributed by atoms with van der Waals surface area (Å²) in [7, 11) is -0.311. The zero-order valence-electron chi connectivity index (χ0n) is 27.0. The van der Waals surface area contributed by atoms with Crippen LogP contribution in [0.1, 0.15) is 71.7 Å². The normalized spacial score (nSPS) is 17.5. The first-order valence-electron chi connectivity index (χ1n) is 14.9. The van der Waals surface area contributed by atoms with E-state index in [0.717, 1.165) is 68.9 Å². The van der Waals surface area contributed by atoms with Crippen molar-refractivity contribution >= 4 is 44.0 Å². The number of nitrogens with zero attached hydrogens (tertiary/aromatic N) is 5. The van der Waals surface area contributed by atoms with E-state index in [1.54, 1.807) is 27.0 Å². The molecule has 2 atom stereocenters. The molecule has 246 valence electrons. The lowest BCUT2D eigenvalue weighted by Gasteiger charge is -2.32. The number of piperazine rings is 1. The number of sulfonamides is 1. The minimum atomic E-state index is -3.95. The predicted molar refractivity (Wildman–Crippen MR) is 175 cm³/mol. The highest BCUT2D eigenvalue weighted by molar-refractivity contribution is 7.91. The molecular formula is C29H47N7O5S3. The smallest absolute Gasteiger partial charge is 0.256 e. The number of likely N-dealkylation sites (N-methyl/N-ethyl adjacent to an activating group) is 1. The van der Waals surface area contributed by atoms with E-state index in [4.69, 9.17) is 9.41 Å². The Bertz CT molecular complexity index is 1570. The second kappa shape index (κ2) is 13.6. The van der Waals surface area contributed by atoms with E-state index in [2.05, 4.69) is 30.9 Å². The summed E-state index contributed by atoms with van der Waals surface area (Å²) in [6.07, 6.45) is 4.89. The van der Waals surface area contributed by atoms with Crippen molar-refractivity contribution in [1.29, 1.82) is 0 Å². The SMILES string of the molecule is CN1CCN(CCCCc2coc([C@H](N=c3[nH][s+]([O-])nc3Nc3csc(S(=O)(=O)N(C)C(C)(C)C)c3O)C(C)(C)C)c2)CC1. The first-order valence-corrected chi connectivity index (χ1v) is 18.3. The van der Waals surface area contributed by atoms with Crippen LogP contribution in [0, 0.1) is 5.41 Å². The molecule has 3 N–H and O–H groups in total. The summed E-state index contributed by atoms with van der Waals surface area (Å²) in [5.41, 5.74) is 0.434. The fourth-order valence-corrected chi connectivity index (χ4v) is 8.45. The molecule has 1 unspecified atom stereocenters. The van der Waals surface area contributed by atoms with Crippen molar-refractivity contribution in [2.45, 2.75) is 76.6 Å². The Kier molecular flexibility index (Phi) is 10.7. The molecule has 4 heterocycles. The zero-order chi connectivity index (χ0) is 32.4. The number of nitrogens with one attached hydrogen (secondary N) is 2. The van der Waals surface area contributed by atoms with Gasteiger partial charge in [-0.3, -0.25) is 0 Å². The number of unbranched alkanes of at least 4 members (excludes halogenated alkanes) is 1. The van der Waals surface area contributed by atoms with Crippen molar-refractivity contribution in [3.63, 3.8) is 0 Å². The van der Waals surface area contributed by atoms with Gasteiger partial charge in [0.15, 0.2) is 21.1 Å². The number of anilines is 2. The molecule has 1 saturated heterocycles. The van der Waals surface area contributed by atoms with Crippen molar-refractivity contribution < 1.29 is 22.5 Å². The highest BCUT2D eigenvalue weighted by atomic mass is 32.2. The topological polar surface area (TPSA) is 153 Å². The Morgan fingerprint density at radius 2 is 1.91 bits per heavy atom. The zero-order valence-corrected chi connectivity index (χ0v) is 29.5. The van der Waals surface area contributed by atoms with Crippen LogP contribution in [0.25, 0.3) is 0 Å². The van der Waals surface area contributed by atoms with Gasteiger partial charge in [-0.2, -0.15) is 4.31 Å². The molecule has 0 amide bonds. The average Bonchev–Trinajstić information content (AvgIpc) is 3.63. The first kappa shape index (κ1) is 34.6. The van der Waals surface area contributed by atoms with Gasteiger partial charge in [0.05, 0.1) is 12.0 Å². The number of hydrogen-bond donors (Lipinski definition) is 3. The Morgan fingerprint density at radius 3 is 2.55 bits per heavy atom. The molecule has 1 aliphatic heterocycles. The van der Waals surface area contributed by atoms with Gasteiger partial charge in [0, 0.05) is 48.5 Å². The Balaban J connectivity index is 1.51. The molecule has 0 aliphatic carbocycles. The monoisotopic (exact) mass is 669 g/mol. The van der Waals surface area contributed by atoms with Crippen molar-refractivity contribution in [1.82, 2.24) is 22.9 Å². The molecule has 3 aromatic heterocycles. The minimum absolute atomic E-state index is 0.132. The van der Waals surface area contributed by atoms with Crippen LogP contribution in [0.15, 0.2) is 31.3 Å². The maximum absolute atomic E-state index is 13.2. The number of thiophene rings is 1. The third kappa shape index (κ3) is 8.30. The Hall–Kier alpha value is -2.27. The van der Waals surface area contributed by atoms with E-state index in [9.17, 15) is 18.1 Å². The fraction of sp³-hybridized carbons (Fsp3) is 0.655. The van der Waals surface area contributed by atoms with Crippen LogP contribution in [0.3, 0.4) is 0 Å². The standard InChI is InChI=1S/C29H47N7O5S3/c1-28(2,3)24(22-17-20(18-41-22)11-9-10-12-36-15-13-34(7)14-16-36)31-26-25(32-43(38)33-26)30-21-19-42-27(23(21)37)44(39,40)35(8)29(4,5)6/h17-19,24,37H,9-16H2,1-8H3,(H,30,32)(H,31,33)/t24-,43?/m0/s1. The van der Waals surface area contributed by atoms with Crippen LogP contribution in [-0.2, 0) is 16.4 Å². The number of aryl methyl sites for hydroxylation is 1. The molecule has 0 radical (unpaired) electrons. The second-order valence-electron chi connectivity index (χ2n) is 13.6. The summed E-state index contributed by atoms with van der Waals surface area (Å²) < 4.78 is 52.7. The molecule has 3 aromatic rings. The number of hydrogen-bond acceptors (Lipinski definition) is 11. The van der Waals surface area contributed by atoms with Gasteiger partial charge in [-0.1, -0.05) is 20.8 Å². The van der Waals surface area contributed by atoms with Crippen molar-refractivity contribution in [2.75, 3.05) is 52.1 Å². The molecule has 15 heteroatoms. The maximum Gasteiger partial charge on any atom is 0.256 e. The largest absolute Gasteiger partial charge is 0.548 e. The average molecular weight is 670 g/mol. The Morgan fingerprint density at radius 1 is 1.23 bits per heavy atom. The van der Waals surface area contributed by atoms with Crippen LogP contribution in [-0.4, -0.2) is 93.3 Å². The third-order valence-corrected chi connectivity index (χ3v) is 12.2. The van der Waals surface area contributed by atoms with Gasteiger partial charge in [-0.25, -0.2) is 13.4 Å². The van der Waals surface area contributed by atoms with Crippen LogP contribution in [0.4, 0.5) is 11.5 Å². The number of rotatable bonds is 11. The fourth-order valence-electron chi connectivity index (χ4n) is 4.89. The number of H-pyrrole nitrogens is 1. The molecule has 0 bridgehead atoms. The summed E-state index contributed by atoms with van der Waals surface area (Å²) in [6.45, 7) is 17.1. The number of aromatic nitrogens is 2. The Labute approximate surface area is 268 Å². The van der Waals surface area contributed by atoms with Gasteiger partial charge in [0.2, 0.25) is 11.3 Å². The highest BCUT2D eigenvalue weighted by Crippen LogP contribution is 2.41. The van der Waals surface area contributed by atoms with E-state index in [-0.39, 0.29) is 26.6 Å². The van der Waals surface area contributed by atoms with Crippen LogP contribution in [0.2, 0.25) is 0 Å². The highest BCUT2D eigenvalue weighted by Gasteiger charge is 2.35. The molecule has 0 aromatic carbocycles. The van der Waals surface area contributed by atoms with Crippen molar-refractivity contribution in [3.05, 3.63) is 34.5 Å². The molecule has 1 fully saturated rings. The lowest BCUT2D eigenvalue weighted by molar-refractivity contribution is 0.152. The summed E-state index contributed by atoms with van der Waals surface area (Å²) in [5, 5.41) is 15.3. The third-order valence-electron chi connectivity index (χ3n) is 7.92. The number of aromatic hydroxyl groups is 1. The maximum atomic E-state index is 13.2. The van der Waals surface area contributed by atoms with E-state index >= 15 is 0 Å². The van der Waals surface area contributed by atoms with Gasteiger partial charge >= 0.3 is 0 Å². The van der Waals surface area contributed by atoms with Crippen LogP contribution in [0.5, 0.6) is 5.75 Å². The van der Waals surface area contributed by atoms with Crippen LogP contribution < -0.4 is 10.8 Å². The van der Waals surface area contributed by atoms with E-state index in [1.807, 2.05) is 26.8 Å². The predicted octanol–water partition coefficient (Wildman–Crippen LogP) is 4.92. The van der Waals surface area contributed by atoms with Gasteiger partial charge in [-0.05, 0) is 70.7 Å². The van der Waals surface area contributed by atoms with E-state index in [1.165, 1.54) is 16.7 Å². The summed E-state index contributed by atoms with van der Waals surface area (Å²) in [6, 6.07) is 1.61. The quantitative estimate of drug-likeness (QED) is 0.191. The lowest BCUT2D eigenvalue weighted by Crippen LogP contribution is -2.44. The van der Waals surface area contributed by atoms with Crippen molar-refractivity contribution in [2.24, 2.45) is 10.4 Å². The van der Waals surface area contributed by atoms with E-state index < -0.39 is 38.5 Å². The summed E-state index contributed by atoms with van der Waals surface area (Å²) in [5.74, 6) is 0.394. The molecule has 4 rings (SSSR count). The molecule has 12 nitrogen and oxygen atoms in total. The summed E-state index contributed by atoms with van der Waals surface area (Å²) in [4.78, 5) is 9.77. The molecule has 44 heavy (non-hydrogen) atoms. The second-order valence-corrected chi connectivity index (χ2v) is 17.5. The number of aromatic amines is 1. The molecule has 1 aliphatic rings. The van der Waals surface area contributed by atoms with Gasteiger partial charge in [0.25, 0.3) is 10.0 Å². The van der Waals surface area contributed by atoms with E-state index in [0.29, 0.717) is 5.76 Å². The number of furan rings is 1. The first-order chi connectivity index (χ1) is 20.5. The van der Waals surface area contributed by atoms with Gasteiger partial charge < -0.3 is 29.2 Å². The van der Waals surface area contributed by atoms with Crippen LogP contribution >= 0.6 is 22.5 Å². The van der Waals surface area contributed by atoms with Gasteiger partial charge in [0.1, 0.15) is 11.8 Å². The molecule has 0 saturated carbocycles. The van der Waals surface area contributed by atoms with Gasteiger partial charge in [-0.15, -0.1) is 15.7 Å². The minimum Gasteiger partial charge on any atom is -0.548 e. The summed E-state index contributed by atoms with van der Waals surface area (Å²) >= 11 is -0.900. The van der Waals surface area contributed by atoms with Crippen molar-refractivity contribution in [3.8, 4) is 5.75 Å². The molecule has 0 spiro atoms. The molecular weight excluding hydrogens is 623 g/mol. The lowest BCUT2D eigenvalue weighted by atomic mass is 9.85.